The molecular formula is C17H16F2N4O3. The lowest BCUT2D eigenvalue weighted by Crippen LogP contribution is -2.24. The maximum Gasteiger partial charge on any atom is 0.359 e. The average Bonchev–Trinajstić information content (AvgIpc) is 3.00. The van der Waals surface area contributed by atoms with Crippen molar-refractivity contribution < 1.29 is 18.3 Å². The van der Waals surface area contributed by atoms with E-state index in [1.807, 2.05) is 6.92 Å². The minimum Gasteiger partial charge on any atom is -0.453 e. The summed E-state index contributed by atoms with van der Waals surface area (Å²) in [4.78, 5) is 27.9. The van der Waals surface area contributed by atoms with Crippen LogP contribution in [0.25, 0.3) is 11.0 Å². The van der Waals surface area contributed by atoms with E-state index in [9.17, 15) is 18.4 Å². The van der Waals surface area contributed by atoms with Crippen LogP contribution >= 0.6 is 0 Å². The highest BCUT2D eigenvalue weighted by Gasteiger charge is 2.19. The first-order valence-electron chi connectivity index (χ1n) is 8.00. The standard InChI is InChI=1S/C17H16F2N4O3/c1-2-9-22-15(24)8-7-12(21-22)16(25)26-10-14-20-11-5-3-4-6-13(11)23(14)17(18)19/h3-8,17H,2,9-10H2,1H3. The lowest BCUT2D eigenvalue weighted by atomic mass is 10.3. The molecule has 0 aliphatic carbocycles. The Kier molecular flexibility index (Phi) is 5.06. The van der Waals surface area contributed by atoms with Gasteiger partial charge in [-0.15, -0.1) is 0 Å². The molecule has 0 atom stereocenters. The van der Waals surface area contributed by atoms with E-state index in [-0.39, 0.29) is 22.6 Å². The van der Waals surface area contributed by atoms with Gasteiger partial charge in [0.2, 0.25) is 0 Å². The maximum atomic E-state index is 13.4. The maximum absolute atomic E-state index is 13.4. The van der Waals surface area contributed by atoms with Crippen LogP contribution in [0.3, 0.4) is 0 Å². The van der Waals surface area contributed by atoms with Crippen molar-refractivity contribution in [1.29, 1.82) is 0 Å². The summed E-state index contributed by atoms with van der Waals surface area (Å²) in [6.07, 6.45) is 0.670. The smallest absolute Gasteiger partial charge is 0.359 e. The molecule has 0 saturated heterocycles. The monoisotopic (exact) mass is 362 g/mol. The highest BCUT2D eigenvalue weighted by Crippen LogP contribution is 2.23. The van der Waals surface area contributed by atoms with Crippen LogP contribution < -0.4 is 5.56 Å². The molecule has 3 rings (SSSR count). The van der Waals surface area contributed by atoms with Crippen LogP contribution in [-0.2, 0) is 17.9 Å². The Hall–Kier alpha value is -3.10. The third-order valence-electron chi connectivity index (χ3n) is 3.71. The SMILES string of the molecule is CCCn1nc(C(=O)OCc2nc3ccccc3n2C(F)F)ccc1=O. The number of carbonyl (C=O) groups is 1. The van der Waals surface area contributed by atoms with Gasteiger partial charge in [-0.05, 0) is 24.6 Å². The normalized spacial score (nSPS) is 11.2. The second-order valence-corrected chi connectivity index (χ2v) is 5.52. The summed E-state index contributed by atoms with van der Waals surface area (Å²) >= 11 is 0. The quantitative estimate of drug-likeness (QED) is 0.630. The Labute approximate surface area is 146 Å². The predicted molar refractivity (Wildman–Crippen MR) is 88.9 cm³/mol. The highest BCUT2D eigenvalue weighted by molar-refractivity contribution is 5.86. The number of fused-ring (bicyclic) bond motifs is 1. The highest BCUT2D eigenvalue weighted by atomic mass is 19.3. The van der Waals surface area contributed by atoms with Crippen LogP contribution in [0.2, 0.25) is 0 Å². The molecule has 0 bridgehead atoms. The number of para-hydroxylation sites is 2. The van der Waals surface area contributed by atoms with Crippen LogP contribution in [-0.4, -0.2) is 25.3 Å². The van der Waals surface area contributed by atoms with Crippen LogP contribution in [0.4, 0.5) is 8.78 Å². The second-order valence-electron chi connectivity index (χ2n) is 5.52. The molecule has 0 saturated carbocycles. The molecule has 136 valence electrons. The molecule has 9 heteroatoms. The van der Waals surface area contributed by atoms with Crippen LogP contribution in [0.5, 0.6) is 0 Å². The predicted octanol–water partition coefficient (Wildman–Crippen LogP) is 2.76. The molecule has 0 aliphatic rings. The van der Waals surface area contributed by atoms with Crippen molar-refractivity contribution in [3.63, 3.8) is 0 Å². The molecule has 2 aromatic heterocycles. The van der Waals surface area contributed by atoms with E-state index in [2.05, 4.69) is 10.1 Å². The average molecular weight is 362 g/mol. The van der Waals surface area contributed by atoms with E-state index in [0.29, 0.717) is 23.0 Å². The zero-order valence-corrected chi connectivity index (χ0v) is 13.9. The molecule has 2 heterocycles. The molecule has 0 spiro atoms. The number of benzene rings is 1. The topological polar surface area (TPSA) is 79.0 Å². The largest absolute Gasteiger partial charge is 0.453 e. The second kappa shape index (κ2) is 7.42. The van der Waals surface area contributed by atoms with Gasteiger partial charge >= 0.3 is 12.5 Å². The Morgan fingerprint density at radius 2 is 2.00 bits per heavy atom. The Morgan fingerprint density at radius 1 is 1.23 bits per heavy atom. The summed E-state index contributed by atoms with van der Waals surface area (Å²) < 4.78 is 33.7. The molecule has 1 aromatic carbocycles. The summed E-state index contributed by atoms with van der Waals surface area (Å²) in [6.45, 7) is -1.03. The number of carbonyl (C=O) groups excluding carboxylic acids is 1. The number of nitrogens with zero attached hydrogens (tertiary/aromatic N) is 4. The minimum absolute atomic E-state index is 0.0715. The van der Waals surface area contributed by atoms with Crippen molar-refractivity contribution in [3.05, 3.63) is 58.3 Å². The van der Waals surface area contributed by atoms with Crippen molar-refractivity contribution >= 4 is 17.0 Å². The van der Waals surface area contributed by atoms with E-state index in [1.165, 1.54) is 18.2 Å². The Morgan fingerprint density at radius 3 is 2.73 bits per heavy atom. The third kappa shape index (κ3) is 3.46. The molecule has 0 fully saturated rings. The van der Waals surface area contributed by atoms with Gasteiger partial charge in [-0.3, -0.25) is 9.36 Å². The van der Waals surface area contributed by atoms with E-state index in [4.69, 9.17) is 4.74 Å². The fraction of sp³-hybridized carbons (Fsp3) is 0.294. The number of aromatic nitrogens is 4. The van der Waals surface area contributed by atoms with E-state index < -0.39 is 19.1 Å². The zero-order chi connectivity index (χ0) is 18.7. The van der Waals surface area contributed by atoms with Crippen LogP contribution in [0, 0.1) is 0 Å². The molecular weight excluding hydrogens is 346 g/mol. The molecule has 26 heavy (non-hydrogen) atoms. The summed E-state index contributed by atoms with van der Waals surface area (Å²) in [5, 5.41) is 3.93. The van der Waals surface area contributed by atoms with Gasteiger partial charge in [-0.1, -0.05) is 19.1 Å². The van der Waals surface area contributed by atoms with Gasteiger partial charge in [0.15, 0.2) is 11.5 Å². The van der Waals surface area contributed by atoms with Crippen molar-refractivity contribution in [2.45, 2.75) is 33.0 Å². The van der Waals surface area contributed by atoms with Gasteiger partial charge in [0.1, 0.15) is 6.61 Å². The fourth-order valence-electron chi connectivity index (χ4n) is 2.55. The summed E-state index contributed by atoms with van der Waals surface area (Å²) in [7, 11) is 0. The van der Waals surface area contributed by atoms with Gasteiger partial charge in [-0.2, -0.15) is 13.9 Å². The Bertz CT molecular complexity index is 997. The number of esters is 1. The van der Waals surface area contributed by atoms with Gasteiger partial charge in [0.25, 0.3) is 5.56 Å². The summed E-state index contributed by atoms with van der Waals surface area (Å²) in [5.74, 6) is -0.890. The Balaban J connectivity index is 1.82. The first-order valence-corrected chi connectivity index (χ1v) is 8.00. The first-order chi connectivity index (χ1) is 12.5. The number of hydrogen-bond donors (Lipinski definition) is 0. The van der Waals surface area contributed by atoms with E-state index in [1.54, 1.807) is 18.2 Å². The van der Waals surface area contributed by atoms with Crippen molar-refractivity contribution in [3.8, 4) is 0 Å². The number of hydrogen-bond acceptors (Lipinski definition) is 5. The first kappa shape index (κ1) is 17.7. The van der Waals surface area contributed by atoms with E-state index in [0.717, 1.165) is 4.68 Å². The van der Waals surface area contributed by atoms with Crippen molar-refractivity contribution in [2.75, 3.05) is 0 Å². The molecule has 3 aromatic rings. The van der Waals surface area contributed by atoms with Gasteiger partial charge in [-0.25, -0.2) is 14.5 Å². The number of imidazole rings is 1. The lowest BCUT2D eigenvalue weighted by molar-refractivity contribution is 0.0379. The number of halogens is 2. The lowest BCUT2D eigenvalue weighted by Gasteiger charge is -2.09. The van der Waals surface area contributed by atoms with Crippen molar-refractivity contribution in [1.82, 2.24) is 19.3 Å². The third-order valence-corrected chi connectivity index (χ3v) is 3.71. The number of alkyl halides is 2. The molecule has 0 N–H and O–H groups in total. The van der Waals surface area contributed by atoms with Crippen molar-refractivity contribution in [2.24, 2.45) is 0 Å². The van der Waals surface area contributed by atoms with Gasteiger partial charge in [0.05, 0.1) is 11.0 Å². The number of ether oxygens (including phenoxy) is 1. The molecule has 7 nitrogen and oxygen atoms in total. The molecule has 0 radical (unpaired) electrons. The number of aryl methyl sites for hydroxylation is 1. The minimum atomic E-state index is -2.82. The van der Waals surface area contributed by atoms with E-state index >= 15 is 0 Å². The molecule has 0 unspecified atom stereocenters. The summed E-state index contributed by atoms with van der Waals surface area (Å²) in [5.41, 5.74) is 0.234. The zero-order valence-electron chi connectivity index (χ0n) is 13.9. The summed E-state index contributed by atoms with van der Waals surface area (Å²) in [6, 6.07) is 8.88. The number of rotatable bonds is 6. The molecule has 0 amide bonds. The van der Waals surface area contributed by atoms with Crippen LogP contribution in [0.1, 0.15) is 36.2 Å². The molecule has 0 aliphatic heterocycles. The van der Waals surface area contributed by atoms with Gasteiger partial charge < -0.3 is 4.74 Å². The van der Waals surface area contributed by atoms with Gasteiger partial charge in [0, 0.05) is 12.6 Å². The fourth-order valence-corrected chi connectivity index (χ4v) is 2.55. The van der Waals surface area contributed by atoms with Crippen LogP contribution in [0.15, 0.2) is 41.2 Å².